The molecule has 0 spiro atoms. The molecule has 0 N–H and O–H groups in total. The predicted molar refractivity (Wildman–Crippen MR) is 357 cm³/mol. The number of pyridine rings is 2. The molecule has 8 heteroatoms. The van der Waals surface area contributed by atoms with Crippen molar-refractivity contribution in [3.8, 4) is 33.4 Å². The standard InChI is InChI=1S/C35H22N2.C29H25BN2O2.C12H9Br/c1-2-8-23(9-3-1)24-14-16-25(17-15-24)27-19-20-29-30-21-18-26-10-4-5-11-28(26)34(30)35-36-31-12-6-7-13-32(31)37(35)33(29)22-27;1-28(2)29(3,4)34-30(33-28)19-14-16-21-22-15-13-18-9-5-6-10-20(18)26(22)27-31-23-11-7-8-12-24(23)32(27)25(21)17-19;13-12-8-6-11(7-9-12)10-4-2-1-3-5-10/h1-22H;5-17H,1-4H3;1-9H/i1D,2D,3D,8D,9D;;1D,2D,3D,4D,5D. The number of imidazole rings is 2. The van der Waals surface area contributed by atoms with Crippen molar-refractivity contribution in [3.05, 3.63) is 271 Å². The monoisotopic (exact) mass is 1160 g/mol. The summed E-state index contributed by atoms with van der Waals surface area (Å²) in [6.07, 6.45) is 0. The molecule has 1 saturated heterocycles. The molecule has 12 aromatic carbocycles. The number of fused-ring (bicyclic) bond motifs is 20. The number of halogens is 1. The van der Waals surface area contributed by atoms with E-state index in [1.54, 1.807) is 24.3 Å². The summed E-state index contributed by atoms with van der Waals surface area (Å²) in [5.74, 6) is 0. The first kappa shape index (κ1) is 41.5. The third-order valence-corrected chi connectivity index (χ3v) is 17.2. The minimum absolute atomic E-state index is 0.177. The molecule has 4 aromatic heterocycles. The Morgan fingerprint density at radius 3 is 1.30 bits per heavy atom. The molecule has 5 heterocycles. The van der Waals surface area contributed by atoms with Gasteiger partial charge in [0.05, 0.1) is 58.0 Å². The molecule has 0 aliphatic carbocycles. The number of para-hydroxylation sites is 4. The topological polar surface area (TPSA) is 53.1 Å². The van der Waals surface area contributed by atoms with Crippen molar-refractivity contribution in [1.29, 1.82) is 0 Å². The number of benzene rings is 12. The molecule has 0 amide bonds. The number of hydrogen-bond donors (Lipinski definition) is 0. The molecule has 0 bridgehead atoms. The maximum Gasteiger partial charge on any atom is 0.494 e. The molecule has 0 atom stereocenters. The molecular formula is C76H56BBrN4O2. The summed E-state index contributed by atoms with van der Waals surface area (Å²) in [6.45, 7) is 8.37. The highest BCUT2D eigenvalue weighted by atomic mass is 79.9. The zero-order chi connectivity index (χ0) is 65.4. The van der Waals surface area contributed by atoms with Crippen LogP contribution in [-0.2, 0) is 9.31 Å². The molecular weight excluding hydrogens is 1090 g/mol. The van der Waals surface area contributed by atoms with Gasteiger partial charge in [-0.05, 0) is 147 Å². The first-order chi connectivity index (χ1) is 45.2. The Balaban J connectivity index is 0.000000125. The average Bonchev–Trinajstić information content (AvgIpc) is 1.46. The van der Waals surface area contributed by atoms with Gasteiger partial charge in [-0.15, -0.1) is 0 Å². The highest BCUT2D eigenvalue weighted by Crippen LogP contribution is 2.41. The van der Waals surface area contributed by atoms with Crippen LogP contribution >= 0.6 is 15.9 Å². The third-order valence-electron chi connectivity index (χ3n) is 16.7. The van der Waals surface area contributed by atoms with Crippen molar-refractivity contribution in [2.75, 3.05) is 0 Å². The van der Waals surface area contributed by atoms with Gasteiger partial charge in [0, 0.05) is 26.0 Å². The average molecular weight is 1160 g/mol. The van der Waals surface area contributed by atoms with Crippen LogP contribution in [0.2, 0.25) is 0 Å². The van der Waals surface area contributed by atoms with Gasteiger partial charge in [0.2, 0.25) is 0 Å². The van der Waals surface area contributed by atoms with Crippen LogP contribution in [-0.4, -0.2) is 37.1 Å². The first-order valence-corrected chi connectivity index (χ1v) is 28.6. The molecule has 17 rings (SSSR count). The van der Waals surface area contributed by atoms with E-state index in [9.17, 15) is 0 Å². The number of aromatic nitrogens is 4. The van der Waals surface area contributed by atoms with E-state index in [1.807, 2.05) is 48.5 Å². The van der Waals surface area contributed by atoms with E-state index in [0.717, 1.165) is 81.6 Å². The number of hydrogen-bond acceptors (Lipinski definition) is 4. The van der Waals surface area contributed by atoms with E-state index in [-0.39, 0.29) is 82.8 Å². The van der Waals surface area contributed by atoms with Crippen molar-refractivity contribution >= 4 is 127 Å². The van der Waals surface area contributed by atoms with Gasteiger partial charge in [0.25, 0.3) is 0 Å². The molecule has 84 heavy (non-hydrogen) atoms. The fourth-order valence-electron chi connectivity index (χ4n) is 11.8. The van der Waals surface area contributed by atoms with E-state index in [1.165, 1.54) is 37.7 Å². The van der Waals surface area contributed by atoms with Gasteiger partial charge < -0.3 is 9.31 Å². The van der Waals surface area contributed by atoms with Crippen LogP contribution in [0.5, 0.6) is 0 Å². The van der Waals surface area contributed by atoms with E-state index < -0.39 is 7.12 Å². The SMILES string of the molecule is CC1(C)OB(c2ccc3c4ccc5ccccc5c4c4nc5ccccc5n4c3c2)OC1(C)C.[2H]c1c([2H])c([2H])c(-c2ccc(-c3ccc4c5ccc6ccccc6c5c5nc6ccccc6n5c4c3)cc2)c([2H])c1[2H].[2H]c1c([2H])c([2H])c(-c2ccc(Br)cc2)c([2H])c1[2H]. The molecule has 0 saturated carbocycles. The fraction of sp³-hybridized carbons (Fsp3) is 0.0789. The van der Waals surface area contributed by atoms with Crippen molar-refractivity contribution in [2.45, 2.75) is 38.9 Å². The Morgan fingerprint density at radius 1 is 0.381 bits per heavy atom. The molecule has 6 nitrogen and oxygen atoms in total. The van der Waals surface area contributed by atoms with E-state index in [4.69, 9.17) is 33.0 Å². The Morgan fingerprint density at radius 2 is 0.786 bits per heavy atom. The lowest BCUT2D eigenvalue weighted by Crippen LogP contribution is -2.41. The second-order valence-corrected chi connectivity index (χ2v) is 23.0. The smallest absolute Gasteiger partial charge is 0.399 e. The van der Waals surface area contributed by atoms with Gasteiger partial charge in [-0.25, -0.2) is 9.97 Å². The zero-order valence-corrected chi connectivity index (χ0v) is 47.8. The maximum atomic E-state index is 8.34. The van der Waals surface area contributed by atoms with Crippen molar-refractivity contribution < 1.29 is 23.0 Å². The summed E-state index contributed by atoms with van der Waals surface area (Å²) < 4.78 is 97.3. The second kappa shape index (κ2) is 20.5. The van der Waals surface area contributed by atoms with Gasteiger partial charge in [-0.2, -0.15) is 0 Å². The van der Waals surface area contributed by atoms with Crippen LogP contribution in [0.4, 0.5) is 0 Å². The lowest BCUT2D eigenvalue weighted by Gasteiger charge is -2.32. The summed E-state index contributed by atoms with van der Waals surface area (Å²) in [6, 6.07) is 67.1. The molecule has 16 aromatic rings. The van der Waals surface area contributed by atoms with Crippen LogP contribution in [0.15, 0.2) is 271 Å². The van der Waals surface area contributed by atoms with Gasteiger partial charge in [0.15, 0.2) is 0 Å². The minimum Gasteiger partial charge on any atom is -0.399 e. The Kier molecular flexibility index (Phi) is 10.1. The van der Waals surface area contributed by atoms with Crippen molar-refractivity contribution in [1.82, 2.24) is 18.8 Å². The third kappa shape index (κ3) is 8.79. The normalized spacial score (nSPS) is 15.5. The van der Waals surface area contributed by atoms with Crippen molar-refractivity contribution in [3.63, 3.8) is 0 Å². The number of rotatable bonds is 4. The van der Waals surface area contributed by atoms with Crippen LogP contribution in [0.25, 0.3) is 132 Å². The van der Waals surface area contributed by atoms with E-state index in [2.05, 4.69) is 186 Å². The van der Waals surface area contributed by atoms with E-state index in [0.29, 0.717) is 11.1 Å². The predicted octanol–water partition coefficient (Wildman–Crippen LogP) is 19.6. The summed E-state index contributed by atoms with van der Waals surface area (Å²) in [7, 11) is -0.411. The maximum absolute atomic E-state index is 8.34. The fourth-order valence-corrected chi connectivity index (χ4v) is 12.1. The van der Waals surface area contributed by atoms with Crippen LogP contribution in [0.3, 0.4) is 0 Å². The highest BCUT2D eigenvalue weighted by Gasteiger charge is 2.51. The van der Waals surface area contributed by atoms with Crippen LogP contribution in [0.1, 0.15) is 41.4 Å². The summed E-state index contributed by atoms with van der Waals surface area (Å²) in [5, 5.41) is 11.8. The Bertz CT molecular complexity index is 5790. The molecule has 0 unspecified atom stereocenters. The van der Waals surface area contributed by atoms with Crippen LogP contribution in [0, 0.1) is 0 Å². The number of nitrogens with zero attached hydrogens (tertiary/aromatic N) is 4. The van der Waals surface area contributed by atoms with Crippen molar-refractivity contribution in [2.24, 2.45) is 0 Å². The van der Waals surface area contributed by atoms with Gasteiger partial charge in [-0.3, -0.25) is 8.80 Å². The summed E-state index contributed by atoms with van der Waals surface area (Å²) in [5.41, 5.74) is 12.0. The molecule has 402 valence electrons. The van der Waals surface area contributed by atoms with Gasteiger partial charge in [-0.1, -0.05) is 234 Å². The largest absolute Gasteiger partial charge is 0.494 e. The summed E-state index contributed by atoms with van der Waals surface area (Å²) >= 11 is 3.30. The summed E-state index contributed by atoms with van der Waals surface area (Å²) in [4.78, 5) is 10.2. The first-order valence-electron chi connectivity index (χ1n) is 32.8. The Labute approximate surface area is 509 Å². The minimum atomic E-state index is -0.411. The molecule has 0 radical (unpaired) electrons. The molecule has 1 fully saturated rings. The Hall–Kier alpha value is -9.44. The second-order valence-electron chi connectivity index (χ2n) is 22.1. The van der Waals surface area contributed by atoms with Gasteiger partial charge >= 0.3 is 7.12 Å². The highest BCUT2D eigenvalue weighted by molar-refractivity contribution is 9.10. The molecule has 1 aliphatic heterocycles. The lowest BCUT2D eigenvalue weighted by atomic mass is 9.78. The zero-order valence-electron chi connectivity index (χ0n) is 56.2. The van der Waals surface area contributed by atoms with Gasteiger partial charge in [0.1, 0.15) is 11.3 Å². The lowest BCUT2D eigenvalue weighted by molar-refractivity contribution is 0.00578. The quantitative estimate of drug-likeness (QED) is 0.130. The van der Waals surface area contributed by atoms with Crippen LogP contribution < -0.4 is 5.46 Å². The van der Waals surface area contributed by atoms with E-state index >= 15 is 0 Å². The molecule has 1 aliphatic rings.